The van der Waals surface area contributed by atoms with E-state index in [9.17, 15) is 0 Å². The van der Waals surface area contributed by atoms with Crippen molar-refractivity contribution in [1.29, 1.82) is 0 Å². The van der Waals surface area contributed by atoms with E-state index >= 15 is 0 Å². The minimum atomic E-state index is -0.130. The van der Waals surface area contributed by atoms with E-state index in [2.05, 4.69) is 19.1 Å². The number of rotatable bonds is 0. The highest BCUT2D eigenvalue weighted by Crippen LogP contribution is 2.37. The lowest BCUT2D eigenvalue weighted by Gasteiger charge is -2.46. The van der Waals surface area contributed by atoms with E-state index in [1.165, 1.54) is 6.42 Å². The zero-order valence-electron chi connectivity index (χ0n) is 12.0. The summed E-state index contributed by atoms with van der Waals surface area (Å²) in [6.45, 7) is 3.99. The first-order chi connectivity index (χ1) is 9.28. The second kappa shape index (κ2) is 5.94. The van der Waals surface area contributed by atoms with Gasteiger partial charge in [0, 0.05) is 13.2 Å². The SMILES string of the molecule is C[C@]12CCCO[C@@H]1CCC[C@@H]1OCCC/C=C\[C@H]1O2. The Kier molecular flexibility index (Phi) is 4.25. The molecule has 2 saturated heterocycles. The van der Waals surface area contributed by atoms with Gasteiger partial charge in [-0.3, -0.25) is 0 Å². The molecule has 0 unspecified atom stereocenters. The summed E-state index contributed by atoms with van der Waals surface area (Å²) in [5, 5.41) is 0. The van der Waals surface area contributed by atoms with Gasteiger partial charge in [-0.1, -0.05) is 12.2 Å². The number of hydrogen-bond acceptors (Lipinski definition) is 3. The molecule has 0 bridgehead atoms. The van der Waals surface area contributed by atoms with Crippen LogP contribution in [0.3, 0.4) is 0 Å². The Balaban J connectivity index is 1.79. The lowest BCUT2D eigenvalue weighted by molar-refractivity contribution is -0.213. The van der Waals surface area contributed by atoms with Crippen molar-refractivity contribution >= 4 is 0 Å². The Hall–Kier alpha value is -0.380. The van der Waals surface area contributed by atoms with Crippen LogP contribution in [-0.4, -0.2) is 37.1 Å². The Labute approximate surface area is 116 Å². The maximum Gasteiger partial charge on any atom is 0.103 e. The van der Waals surface area contributed by atoms with Crippen LogP contribution in [0.4, 0.5) is 0 Å². The fourth-order valence-electron chi connectivity index (χ4n) is 3.57. The minimum absolute atomic E-state index is 0.106. The molecular formula is C16H26O3. The number of hydrogen-bond donors (Lipinski definition) is 0. The fourth-order valence-corrected chi connectivity index (χ4v) is 3.57. The maximum atomic E-state index is 6.49. The van der Waals surface area contributed by atoms with E-state index in [0.717, 1.165) is 51.7 Å². The van der Waals surface area contributed by atoms with Gasteiger partial charge in [-0.2, -0.15) is 0 Å². The van der Waals surface area contributed by atoms with Crippen LogP contribution >= 0.6 is 0 Å². The molecule has 19 heavy (non-hydrogen) atoms. The Morgan fingerprint density at radius 2 is 1.95 bits per heavy atom. The van der Waals surface area contributed by atoms with Crippen molar-refractivity contribution in [2.45, 2.75) is 75.8 Å². The first-order valence-electron chi connectivity index (χ1n) is 7.86. The average molecular weight is 266 g/mol. The van der Waals surface area contributed by atoms with E-state index in [4.69, 9.17) is 14.2 Å². The molecule has 3 aliphatic rings. The van der Waals surface area contributed by atoms with Gasteiger partial charge < -0.3 is 14.2 Å². The normalized spacial score (nSPS) is 45.8. The highest BCUT2D eigenvalue weighted by Gasteiger charge is 2.43. The molecule has 3 aliphatic heterocycles. The van der Waals surface area contributed by atoms with Gasteiger partial charge in [-0.25, -0.2) is 0 Å². The molecule has 3 nitrogen and oxygen atoms in total. The standard InChI is InChI=1S/C16H26O3/c1-16-10-6-12-18-15(16)9-5-8-13-14(19-16)7-3-2-4-11-17-13/h3,7,13-15H,2,4-6,8-12H2,1H3/b7-3-/t13-,14+,15+,16-/m0/s1. The van der Waals surface area contributed by atoms with Crippen LogP contribution in [0.2, 0.25) is 0 Å². The smallest absolute Gasteiger partial charge is 0.103 e. The summed E-state index contributed by atoms with van der Waals surface area (Å²) in [7, 11) is 0. The van der Waals surface area contributed by atoms with E-state index in [1.807, 2.05) is 0 Å². The zero-order chi connectivity index (χ0) is 13.1. The monoisotopic (exact) mass is 266 g/mol. The summed E-state index contributed by atoms with van der Waals surface area (Å²) in [6.07, 6.45) is 12.9. The molecule has 0 N–H and O–H groups in total. The molecule has 2 fully saturated rings. The maximum absolute atomic E-state index is 6.49. The molecule has 0 radical (unpaired) electrons. The van der Waals surface area contributed by atoms with E-state index < -0.39 is 0 Å². The summed E-state index contributed by atoms with van der Waals surface area (Å²) < 4.78 is 18.5. The van der Waals surface area contributed by atoms with Crippen LogP contribution in [-0.2, 0) is 14.2 Å². The highest BCUT2D eigenvalue weighted by atomic mass is 16.6. The van der Waals surface area contributed by atoms with Crippen molar-refractivity contribution in [3.8, 4) is 0 Å². The van der Waals surface area contributed by atoms with Gasteiger partial charge in [0.1, 0.15) is 6.10 Å². The fraction of sp³-hybridized carbons (Fsp3) is 0.875. The molecule has 0 spiro atoms. The molecule has 4 atom stereocenters. The zero-order valence-corrected chi connectivity index (χ0v) is 12.0. The predicted molar refractivity (Wildman–Crippen MR) is 74.2 cm³/mol. The molecule has 0 aromatic carbocycles. The third-order valence-corrected chi connectivity index (χ3v) is 4.72. The lowest BCUT2D eigenvalue weighted by atomic mass is 9.85. The topological polar surface area (TPSA) is 27.7 Å². The Morgan fingerprint density at radius 1 is 1.05 bits per heavy atom. The predicted octanol–water partition coefficient (Wildman–Crippen LogP) is 3.23. The molecule has 108 valence electrons. The van der Waals surface area contributed by atoms with Gasteiger partial charge in [0.05, 0.1) is 17.8 Å². The van der Waals surface area contributed by atoms with Gasteiger partial charge in [0.25, 0.3) is 0 Å². The van der Waals surface area contributed by atoms with Gasteiger partial charge in [-0.05, 0) is 51.9 Å². The van der Waals surface area contributed by atoms with Crippen molar-refractivity contribution in [3.05, 3.63) is 12.2 Å². The lowest BCUT2D eigenvalue weighted by Crippen LogP contribution is -2.52. The molecule has 3 rings (SSSR count). The Bertz CT molecular complexity index is 328. The van der Waals surface area contributed by atoms with E-state index in [-0.39, 0.29) is 23.9 Å². The quantitative estimate of drug-likeness (QED) is 0.630. The van der Waals surface area contributed by atoms with Crippen LogP contribution in [0.25, 0.3) is 0 Å². The second-order valence-corrected chi connectivity index (χ2v) is 6.27. The van der Waals surface area contributed by atoms with Crippen LogP contribution in [0.15, 0.2) is 12.2 Å². The van der Waals surface area contributed by atoms with Gasteiger partial charge >= 0.3 is 0 Å². The third-order valence-electron chi connectivity index (χ3n) is 4.72. The van der Waals surface area contributed by atoms with E-state index in [0.29, 0.717) is 0 Å². The largest absolute Gasteiger partial charge is 0.375 e. The van der Waals surface area contributed by atoms with Gasteiger partial charge in [0.15, 0.2) is 0 Å². The van der Waals surface area contributed by atoms with Gasteiger partial charge in [0.2, 0.25) is 0 Å². The second-order valence-electron chi connectivity index (χ2n) is 6.27. The van der Waals surface area contributed by atoms with E-state index in [1.54, 1.807) is 0 Å². The van der Waals surface area contributed by atoms with Crippen LogP contribution in [0, 0.1) is 0 Å². The van der Waals surface area contributed by atoms with Crippen molar-refractivity contribution in [1.82, 2.24) is 0 Å². The summed E-state index contributed by atoms with van der Waals surface area (Å²) in [4.78, 5) is 0. The minimum Gasteiger partial charge on any atom is -0.375 e. The molecule has 0 saturated carbocycles. The first-order valence-corrected chi connectivity index (χ1v) is 7.86. The third kappa shape index (κ3) is 3.04. The summed E-state index contributed by atoms with van der Waals surface area (Å²) in [5.74, 6) is 0. The van der Waals surface area contributed by atoms with Crippen molar-refractivity contribution in [2.75, 3.05) is 13.2 Å². The molecule has 0 aliphatic carbocycles. The summed E-state index contributed by atoms with van der Waals surface area (Å²) >= 11 is 0. The van der Waals surface area contributed by atoms with Gasteiger partial charge in [-0.15, -0.1) is 0 Å². The molecule has 0 amide bonds. The summed E-state index contributed by atoms with van der Waals surface area (Å²) in [5.41, 5.74) is -0.130. The van der Waals surface area contributed by atoms with Crippen LogP contribution in [0.1, 0.15) is 51.9 Å². The number of ether oxygens (including phenoxy) is 3. The first kappa shape index (κ1) is 13.6. The average Bonchev–Trinajstić information content (AvgIpc) is 2.37. The molecular weight excluding hydrogens is 240 g/mol. The van der Waals surface area contributed by atoms with Crippen LogP contribution in [0.5, 0.6) is 0 Å². The van der Waals surface area contributed by atoms with Crippen molar-refractivity contribution in [3.63, 3.8) is 0 Å². The van der Waals surface area contributed by atoms with Crippen molar-refractivity contribution in [2.24, 2.45) is 0 Å². The number of fused-ring (bicyclic) bond motifs is 2. The molecule has 0 aromatic heterocycles. The Morgan fingerprint density at radius 3 is 2.89 bits per heavy atom. The summed E-state index contributed by atoms with van der Waals surface area (Å²) in [6, 6.07) is 0. The number of allylic oxidation sites excluding steroid dienone is 1. The van der Waals surface area contributed by atoms with Crippen LogP contribution < -0.4 is 0 Å². The molecule has 3 heteroatoms. The molecule has 0 aromatic rings. The molecule has 3 heterocycles. The van der Waals surface area contributed by atoms with Crippen molar-refractivity contribution < 1.29 is 14.2 Å². The highest BCUT2D eigenvalue weighted by molar-refractivity contribution is 5.00.